The number of H-pyrrole nitrogens is 1. The number of hydrogen-bond acceptors (Lipinski definition) is 4. The topological polar surface area (TPSA) is 87.7 Å². The molecule has 0 saturated heterocycles. The summed E-state index contributed by atoms with van der Waals surface area (Å²) in [6, 6.07) is 9.78. The van der Waals surface area contributed by atoms with Crippen molar-refractivity contribution in [2.24, 2.45) is 0 Å². The average molecular weight is 390 g/mol. The third kappa shape index (κ3) is 4.96. The van der Waals surface area contributed by atoms with Crippen molar-refractivity contribution in [2.45, 2.75) is 46.6 Å². The fraction of sp³-hybridized carbons (Fsp3) is 0.304. The predicted octanol–water partition coefficient (Wildman–Crippen LogP) is 3.24. The first-order chi connectivity index (χ1) is 13.8. The zero-order chi connectivity index (χ0) is 21.0. The van der Waals surface area contributed by atoms with Gasteiger partial charge in [-0.2, -0.15) is 4.98 Å². The minimum absolute atomic E-state index is 0.0675. The summed E-state index contributed by atoms with van der Waals surface area (Å²) in [6.45, 7) is 7.76. The molecular weight excluding hydrogens is 364 g/mol. The van der Waals surface area contributed by atoms with Crippen LogP contribution in [0.15, 0.2) is 47.5 Å². The lowest BCUT2D eigenvalue weighted by Crippen LogP contribution is -2.30. The number of aromatic nitrogens is 3. The summed E-state index contributed by atoms with van der Waals surface area (Å²) in [6.07, 6.45) is 4.31. The first kappa shape index (κ1) is 20.5. The van der Waals surface area contributed by atoms with E-state index in [1.807, 2.05) is 25.1 Å². The molecule has 6 heteroatoms. The fourth-order valence-corrected chi connectivity index (χ4v) is 3.45. The maximum Gasteiger partial charge on any atom is 0.345 e. The summed E-state index contributed by atoms with van der Waals surface area (Å²) in [5.41, 5.74) is 6.31. The van der Waals surface area contributed by atoms with E-state index in [0.717, 1.165) is 22.4 Å². The monoisotopic (exact) mass is 390 g/mol. The number of aromatic amines is 1. The Kier molecular flexibility index (Phi) is 6.22. The molecule has 1 amide bonds. The van der Waals surface area contributed by atoms with Gasteiger partial charge in [-0.3, -0.25) is 9.78 Å². The lowest BCUT2D eigenvalue weighted by atomic mass is 9.96. The molecular formula is C23H26N4O2. The molecule has 0 saturated carbocycles. The number of carbonyl (C=O) groups excluding carboxylic acids is 1. The van der Waals surface area contributed by atoms with Crippen LogP contribution in [0, 0.1) is 27.7 Å². The van der Waals surface area contributed by atoms with E-state index in [4.69, 9.17) is 0 Å². The van der Waals surface area contributed by atoms with Gasteiger partial charge in [0.2, 0.25) is 5.91 Å². The molecule has 3 rings (SSSR count). The smallest absolute Gasteiger partial charge is 0.345 e. The van der Waals surface area contributed by atoms with Gasteiger partial charge in [0.15, 0.2) is 0 Å². The highest BCUT2D eigenvalue weighted by atomic mass is 16.1. The van der Waals surface area contributed by atoms with E-state index >= 15 is 0 Å². The molecule has 3 aromatic rings. The van der Waals surface area contributed by atoms with E-state index in [1.165, 1.54) is 11.1 Å². The number of hydrogen-bond donors (Lipinski definition) is 2. The quantitative estimate of drug-likeness (QED) is 0.676. The Hall–Kier alpha value is -3.28. The first-order valence-electron chi connectivity index (χ1n) is 9.68. The highest BCUT2D eigenvalue weighted by molar-refractivity contribution is 5.77. The minimum atomic E-state index is -0.361. The third-order valence-electron chi connectivity index (χ3n) is 5.24. The van der Waals surface area contributed by atoms with Gasteiger partial charge in [0.05, 0.1) is 6.04 Å². The normalized spacial score (nSPS) is 11.9. The maximum absolute atomic E-state index is 12.8. The number of pyridine rings is 1. The van der Waals surface area contributed by atoms with Crippen LogP contribution in [-0.2, 0) is 11.2 Å². The second-order valence-electron chi connectivity index (χ2n) is 7.36. The summed E-state index contributed by atoms with van der Waals surface area (Å²) in [7, 11) is 0. The van der Waals surface area contributed by atoms with Crippen LogP contribution in [0.4, 0.5) is 0 Å². The standard InChI is InChI=1S/C23H26N4O2/c1-14-7-8-18(12-15(14)2)22(19-6-5-11-24-13-19)27-21(28)10-9-20-16(3)25-23(29)26-17(20)4/h5-8,11-13,22H,9-10H2,1-4H3,(H,27,28)(H,25,26,29)/t22-/m1/s1. The molecule has 0 aliphatic heterocycles. The van der Waals surface area contributed by atoms with Gasteiger partial charge in [0.25, 0.3) is 0 Å². The Morgan fingerprint density at radius 2 is 1.90 bits per heavy atom. The predicted molar refractivity (Wildman–Crippen MR) is 113 cm³/mol. The first-order valence-corrected chi connectivity index (χ1v) is 9.68. The lowest BCUT2D eigenvalue weighted by molar-refractivity contribution is -0.121. The van der Waals surface area contributed by atoms with Crippen molar-refractivity contribution >= 4 is 5.91 Å². The number of nitrogens with one attached hydrogen (secondary N) is 2. The third-order valence-corrected chi connectivity index (χ3v) is 5.24. The molecule has 0 radical (unpaired) electrons. The zero-order valence-electron chi connectivity index (χ0n) is 17.2. The Morgan fingerprint density at radius 1 is 1.10 bits per heavy atom. The Balaban J connectivity index is 1.80. The second kappa shape index (κ2) is 8.82. The number of rotatable bonds is 6. The van der Waals surface area contributed by atoms with E-state index in [2.05, 4.69) is 46.2 Å². The summed E-state index contributed by atoms with van der Waals surface area (Å²) in [5.74, 6) is -0.0675. The average Bonchev–Trinajstić information content (AvgIpc) is 2.68. The van der Waals surface area contributed by atoms with Gasteiger partial charge in [-0.1, -0.05) is 24.3 Å². The van der Waals surface area contributed by atoms with Gasteiger partial charge in [0, 0.05) is 30.2 Å². The number of benzene rings is 1. The molecule has 0 aliphatic carbocycles. The zero-order valence-corrected chi connectivity index (χ0v) is 17.2. The summed E-state index contributed by atoms with van der Waals surface area (Å²) < 4.78 is 0. The van der Waals surface area contributed by atoms with Gasteiger partial charge in [-0.05, 0) is 68.0 Å². The van der Waals surface area contributed by atoms with Crippen LogP contribution in [0.25, 0.3) is 0 Å². The van der Waals surface area contributed by atoms with Gasteiger partial charge < -0.3 is 10.3 Å². The molecule has 150 valence electrons. The molecule has 0 fully saturated rings. The molecule has 2 heterocycles. The van der Waals surface area contributed by atoms with Crippen LogP contribution in [0.3, 0.4) is 0 Å². The van der Waals surface area contributed by atoms with E-state index < -0.39 is 0 Å². The van der Waals surface area contributed by atoms with Crippen molar-refractivity contribution < 1.29 is 4.79 Å². The van der Waals surface area contributed by atoms with Crippen LogP contribution in [0.1, 0.15) is 51.7 Å². The SMILES string of the molecule is Cc1ccc([C@@H](NC(=O)CCc2c(C)nc(=O)[nH]c2C)c2cccnc2)cc1C. The summed E-state index contributed by atoms with van der Waals surface area (Å²) in [5, 5.41) is 3.15. The van der Waals surface area contributed by atoms with Crippen molar-refractivity contribution in [2.75, 3.05) is 0 Å². The lowest BCUT2D eigenvalue weighted by Gasteiger charge is -2.21. The molecule has 0 bridgehead atoms. The molecule has 29 heavy (non-hydrogen) atoms. The van der Waals surface area contributed by atoms with Crippen LogP contribution in [0.2, 0.25) is 0 Å². The Morgan fingerprint density at radius 3 is 2.55 bits per heavy atom. The fourth-order valence-electron chi connectivity index (χ4n) is 3.45. The largest absolute Gasteiger partial charge is 0.345 e. The number of nitrogens with zero attached hydrogens (tertiary/aromatic N) is 2. The Labute approximate surface area is 170 Å². The van der Waals surface area contributed by atoms with Crippen molar-refractivity contribution in [1.29, 1.82) is 0 Å². The molecule has 6 nitrogen and oxygen atoms in total. The van der Waals surface area contributed by atoms with Gasteiger partial charge in [0.1, 0.15) is 0 Å². The summed E-state index contributed by atoms with van der Waals surface area (Å²) >= 11 is 0. The van der Waals surface area contributed by atoms with Crippen LogP contribution < -0.4 is 11.0 Å². The van der Waals surface area contributed by atoms with Crippen molar-refractivity contribution in [1.82, 2.24) is 20.3 Å². The van der Waals surface area contributed by atoms with Crippen LogP contribution >= 0.6 is 0 Å². The maximum atomic E-state index is 12.8. The van der Waals surface area contributed by atoms with Crippen LogP contribution in [0.5, 0.6) is 0 Å². The molecule has 2 aromatic heterocycles. The van der Waals surface area contributed by atoms with Gasteiger partial charge >= 0.3 is 5.69 Å². The van der Waals surface area contributed by atoms with Crippen molar-refractivity contribution in [3.05, 3.63) is 92.4 Å². The van der Waals surface area contributed by atoms with Crippen LogP contribution in [-0.4, -0.2) is 20.9 Å². The number of amides is 1. The molecule has 1 aromatic carbocycles. The molecule has 0 unspecified atom stereocenters. The highest BCUT2D eigenvalue weighted by Gasteiger charge is 2.18. The minimum Gasteiger partial charge on any atom is -0.345 e. The molecule has 2 N–H and O–H groups in total. The van der Waals surface area contributed by atoms with Gasteiger partial charge in [-0.15, -0.1) is 0 Å². The van der Waals surface area contributed by atoms with E-state index in [0.29, 0.717) is 18.5 Å². The highest BCUT2D eigenvalue weighted by Crippen LogP contribution is 2.24. The number of aryl methyl sites for hydroxylation is 4. The van der Waals surface area contributed by atoms with Crippen molar-refractivity contribution in [3.63, 3.8) is 0 Å². The van der Waals surface area contributed by atoms with Crippen molar-refractivity contribution in [3.8, 4) is 0 Å². The second-order valence-corrected chi connectivity index (χ2v) is 7.36. The summed E-state index contributed by atoms with van der Waals surface area (Å²) in [4.78, 5) is 35.1. The molecule has 0 spiro atoms. The van der Waals surface area contributed by atoms with Gasteiger partial charge in [-0.25, -0.2) is 4.79 Å². The molecule has 1 atom stereocenters. The number of carbonyl (C=O) groups is 1. The Bertz CT molecular complexity index is 1050. The molecule has 0 aliphatic rings. The van der Waals surface area contributed by atoms with E-state index in [9.17, 15) is 9.59 Å². The van der Waals surface area contributed by atoms with E-state index in [-0.39, 0.29) is 17.6 Å². The van der Waals surface area contributed by atoms with E-state index in [1.54, 1.807) is 19.3 Å².